The van der Waals surface area contributed by atoms with Gasteiger partial charge in [-0.3, -0.25) is 0 Å². The van der Waals surface area contributed by atoms with Gasteiger partial charge in [-0.2, -0.15) is 0 Å². The maximum Gasteiger partial charge on any atom is 0.137 e. The van der Waals surface area contributed by atoms with Gasteiger partial charge in [0, 0.05) is 23.9 Å². The largest absolute Gasteiger partial charge is 0.495 e. The first kappa shape index (κ1) is 12.9. The number of H-pyrrole nitrogens is 1. The highest BCUT2D eigenvalue weighted by Crippen LogP contribution is 2.27. The Morgan fingerprint density at radius 3 is 2.85 bits per heavy atom. The quantitative estimate of drug-likeness (QED) is 0.744. The van der Waals surface area contributed by atoms with Crippen LogP contribution >= 0.6 is 11.6 Å². The fraction of sp³-hybridized carbons (Fsp3) is 0.125. The van der Waals surface area contributed by atoms with Gasteiger partial charge in [0.15, 0.2) is 0 Å². The van der Waals surface area contributed by atoms with Crippen LogP contribution in [0.2, 0.25) is 5.02 Å². The van der Waals surface area contributed by atoms with Crippen LogP contribution in [0.3, 0.4) is 0 Å². The normalized spacial score (nSPS) is 10.7. The van der Waals surface area contributed by atoms with E-state index in [2.05, 4.69) is 34.6 Å². The summed E-state index contributed by atoms with van der Waals surface area (Å²) < 4.78 is 5.14. The minimum absolute atomic E-state index is 0.610. The molecule has 20 heavy (non-hydrogen) atoms. The first-order chi connectivity index (χ1) is 9.76. The van der Waals surface area contributed by atoms with E-state index in [4.69, 9.17) is 16.3 Å². The average molecular weight is 287 g/mol. The standard InChI is InChI=1S/C16H15ClN2O/c1-20-16-5-3-13(9-14(16)17)19-10-11-2-4-15-12(8-11)6-7-18-15/h2-9,18-19H,10H2,1H3. The van der Waals surface area contributed by atoms with Crippen molar-refractivity contribution in [1.82, 2.24) is 4.98 Å². The zero-order chi connectivity index (χ0) is 13.9. The van der Waals surface area contributed by atoms with Crippen LogP contribution in [0.15, 0.2) is 48.7 Å². The van der Waals surface area contributed by atoms with E-state index in [1.54, 1.807) is 7.11 Å². The lowest BCUT2D eigenvalue weighted by Gasteiger charge is -2.09. The summed E-state index contributed by atoms with van der Waals surface area (Å²) in [7, 11) is 1.61. The molecular formula is C16H15ClN2O. The van der Waals surface area contributed by atoms with Crippen LogP contribution in [0.4, 0.5) is 5.69 Å². The summed E-state index contributed by atoms with van der Waals surface area (Å²) in [6.07, 6.45) is 1.95. The summed E-state index contributed by atoms with van der Waals surface area (Å²) in [5.41, 5.74) is 3.36. The van der Waals surface area contributed by atoms with Crippen molar-refractivity contribution in [1.29, 1.82) is 0 Å². The first-order valence-electron chi connectivity index (χ1n) is 6.40. The predicted octanol–water partition coefficient (Wildman–Crippen LogP) is 4.44. The number of rotatable bonds is 4. The molecular weight excluding hydrogens is 272 g/mol. The van der Waals surface area contributed by atoms with Crippen molar-refractivity contribution in [3.8, 4) is 5.75 Å². The predicted molar refractivity (Wildman–Crippen MR) is 83.6 cm³/mol. The highest BCUT2D eigenvalue weighted by atomic mass is 35.5. The van der Waals surface area contributed by atoms with Crippen molar-refractivity contribution < 1.29 is 4.74 Å². The molecule has 0 unspecified atom stereocenters. The van der Waals surface area contributed by atoms with Crippen molar-refractivity contribution in [3.05, 3.63) is 59.2 Å². The van der Waals surface area contributed by atoms with Crippen LogP contribution in [-0.2, 0) is 6.54 Å². The first-order valence-corrected chi connectivity index (χ1v) is 6.77. The van der Waals surface area contributed by atoms with E-state index in [1.807, 2.05) is 24.4 Å². The molecule has 2 N–H and O–H groups in total. The number of benzene rings is 2. The van der Waals surface area contributed by atoms with E-state index >= 15 is 0 Å². The lowest BCUT2D eigenvalue weighted by atomic mass is 10.1. The molecule has 0 saturated heterocycles. The molecule has 0 atom stereocenters. The third-order valence-electron chi connectivity index (χ3n) is 3.27. The second-order valence-electron chi connectivity index (χ2n) is 4.60. The molecule has 0 aliphatic carbocycles. The number of aromatic amines is 1. The van der Waals surface area contributed by atoms with Gasteiger partial charge < -0.3 is 15.0 Å². The van der Waals surface area contributed by atoms with Crippen LogP contribution in [0, 0.1) is 0 Å². The van der Waals surface area contributed by atoms with E-state index in [1.165, 1.54) is 10.9 Å². The van der Waals surface area contributed by atoms with Crippen LogP contribution < -0.4 is 10.1 Å². The minimum Gasteiger partial charge on any atom is -0.495 e. The van der Waals surface area contributed by atoms with Gasteiger partial charge in [0.1, 0.15) is 5.75 Å². The third kappa shape index (κ3) is 2.58. The topological polar surface area (TPSA) is 37.0 Å². The van der Waals surface area contributed by atoms with Gasteiger partial charge in [-0.05, 0) is 47.3 Å². The summed E-state index contributed by atoms with van der Waals surface area (Å²) in [6.45, 7) is 0.754. The highest BCUT2D eigenvalue weighted by Gasteiger charge is 2.02. The van der Waals surface area contributed by atoms with Crippen molar-refractivity contribution in [2.75, 3.05) is 12.4 Å². The van der Waals surface area contributed by atoms with Gasteiger partial charge in [-0.15, -0.1) is 0 Å². The van der Waals surface area contributed by atoms with E-state index in [-0.39, 0.29) is 0 Å². The van der Waals surface area contributed by atoms with Crippen LogP contribution in [0.5, 0.6) is 5.75 Å². The van der Waals surface area contributed by atoms with E-state index in [0.717, 1.165) is 17.7 Å². The molecule has 0 fully saturated rings. The molecule has 3 rings (SSSR count). The monoisotopic (exact) mass is 286 g/mol. The summed E-state index contributed by atoms with van der Waals surface area (Å²) >= 11 is 6.11. The highest BCUT2D eigenvalue weighted by molar-refractivity contribution is 6.32. The molecule has 0 bridgehead atoms. The Kier molecular flexibility index (Phi) is 3.52. The number of aromatic nitrogens is 1. The van der Waals surface area contributed by atoms with Crippen molar-refractivity contribution >= 4 is 28.2 Å². The van der Waals surface area contributed by atoms with E-state index in [9.17, 15) is 0 Å². The SMILES string of the molecule is COc1ccc(NCc2ccc3[nH]ccc3c2)cc1Cl. The lowest BCUT2D eigenvalue weighted by Crippen LogP contribution is -1.99. The molecule has 0 spiro atoms. The number of halogens is 1. The van der Waals surface area contributed by atoms with Gasteiger partial charge >= 0.3 is 0 Å². The molecule has 0 amide bonds. The van der Waals surface area contributed by atoms with Gasteiger partial charge in [-0.1, -0.05) is 17.7 Å². The van der Waals surface area contributed by atoms with Crippen LogP contribution in [-0.4, -0.2) is 12.1 Å². The molecule has 4 heteroatoms. The maximum absolute atomic E-state index is 6.11. The zero-order valence-electron chi connectivity index (χ0n) is 11.1. The summed E-state index contributed by atoms with van der Waals surface area (Å²) in [5.74, 6) is 0.686. The Morgan fingerprint density at radius 1 is 1.15 bits per heavy atom. The van der Waals surface area contributed by atoms with E-state index in [0.29, 0.717) is 10.8 Å². The van der Waals surface area contributed by atoms with Crippen molar-refractivity contribution in [2.45, 2.75) is 6.54 Å². The Hall–Kier alpha value is -2.13. The molecule has 0 radical (unpaired) electrons. The Labute approximate surface area is 122 Å². The van der Waals surface area contributed by atoms with Crippen molar-refractivity contribution in [3.63, 3.8) is 0 Å². The second-order valence-corrected chi connectivity index (χ2v) is 5.01. The van der Waals surface area contributed by atoms with Gasteiger partial charge in [0.2, 0.25) is 0 Å². The fourth-order valence-corrected chi connectivity index (χ4v) is 2.45. The second kappa shape index (κ2) is 5.47. The number of anilines is 1. The molecule has 102 valence electrons. The summed E-state index contributed by atoms with van der Waals surface area (Å²) in [6, 6.07) is 14.1. The lowest BCUT2D eigenvalue weighted by molar-refractivity contribution is 0.415. The average Bonchev–Trinajstić information content (AvgIpc) is 2.92. The number of ether oxygens (including phenoxy) is 1. The molecule has 0 aliphatic rings. The van der Waals surface area contributed by atoms with Crippen LogP contribution in [0.1, 0.15) is 5.56 Å². The van der Waals surface area contributed by atoms with Gasteiger partial charge in [-0.25, -0.2) is 0 Å². The van der Waals surface area contributed by atoms with Crippen molar-refractivity contribution in [2.24, 2.45) is 0 Å². The smallest absolute Gasteiger partial charge is 0.137 e. The fourth-order valence-electron chi connectivity index (χ4n) is 2.19. The number of fused-ring (bicyclic) bond motifs is 1. The maximum atomic E-state index is 6.11. The number of hydrogen-bond donors (Lipinski definition) is 2. The number of hydrogen-bond acceptors (Lipinski definition) is 2. The Balaban J connectivity index is 1.73. The molecule has 0 saturated carbocycles. The number of methoxy groups -OCH3 is 1. The zero-order valence-corrected chi connectivity index (χ0v) is 11.9. The van der Waals surface area contributed by atoms with E-state index < -0.39 is 0 Å². The van der Waals surface area contributed by atoms with Crippen LogP contribution in [0.25, 0.3) is 10.9 Å². The summed E-state index contributed by atoms with van der Waals surface area (Å²) in [5, 5.41) is 5.19. The Bertz CT molecular complexity index is 736. The van der Waals surface area contributed by atoms with Gasteiger partial charge in [0.25, 0.3) is 0 Å². The molecule has 0 aliphatic heterocycles. The summed E-state index contributed by atoms with van der Waals surface area (Å²) in [4.78, 5) is 3.19. The molecule has 2 aromatic carbocycles. The van der Waals surface area contributed by atoms with Gasteiger partial charge in [0.05, 0.1) is 12.1 Å². The Morgan fingerprint density at radius 2 is 2.05 bits per heavy atom. The third-order valence-corrected chi connectivity index (χ3v) is 3.56. The molecule has 1 heterocycles. The minimum atomic E-state index is 0.610. The molecule has 3 nitrogen and oxygen atoms in total. The molecule has 3 aromatic rings. The molecule has 1 aromatic heterocycles. The number of nitrogens with one attached hydrogen (secondary N) is 2.